The Labute approximate surface area is 103 Å². The van der Waals surface area contributed by atoms with Crippen LogP contribution in [0.2, 0.25) is 5.02 Å². The summed E-state index contributed by atoms with van der Waals surface area (Å²) < 4.78 is 6.57. The molecule has 0 bridgehead atoms. The average Bonchev–Trinajstić information content (AvgIpc) is 2.23. The molecule has 0 radical (unpaired) electrons. The van der Waals surface area contributed by atoms with Crippen molar-refractivity contribution in [3.8, 4) is 0 Å². The van der Waals surface area contributed by atoms with E-state index in [1.807, 2.05) is 18.2 Å². The summed E-state index contributed by atoms with van der Waals surface area (Å²) in [5.41, 5.74) is 7.12. The van der Waals surface area contributed by atoms with Crippen LogP contribution in [0.25, 0.3) is 0 Å². The molecule has 4 heteroatoms. The highest BCUT2D eigenvalue weighted by molar-refractivity contribution is 9.10. The molecule has 1 aromatic carbocycles. The first-order chi connectivity index (χ1) is 7.18. The highest BCUT2D eigenvalue weighted by atomic mass is 79.9. The van der Waals surface area contributed by atoms with Gasteiger partial charge in [0.2, 0.25) is 0 Å². The van der Waals surface area contributed by atoms with E-state index >= 15 is 0 Å². The van der Waals surface area contributed by atoms with Gasteiger partial charge < -0.3 is 10.5 Å². The third kappa shape index (κ3) is 2.53. The lowest BCUT2D eigenvalue weighted by Gasteiger charge is -2.29. The summed E-state index contributed by atoms with van der Waals surface area (Å²) in [5.74, 6) is 0. The molecule has 82 valence electrons. The third-order valence-electron chi connectivity index (χ3n) is 2.64. The highest BCUT2D eigenvalue weighted by Gasteiger charge is 2.24. The minimum Gasteiger partial charge on any atom is -0.372 e. The zero-order valence-electron chi connectivity index (χ0n) is 8.25. The lowest BCUT2D eigenvalue weighted by molar-refractivity contribution is 0.000117. The molecule has 0 aliphatic carbocycles. The van der Waals surface area contributed by atoms with Gasteiger partial charge in [0.05, 0.1) is 11.1 Å². The second kappa shape index (κ2) is 4.83. The average molecular weight is 291 g/mol. The minimum atomic E-state index is 0.00677. The van der Waals surface area contributed by atoms with Crippen LogP contribution in [0.3, 0.4) is 0 Å². The van der Waals surface area contributed by atoms with E-state index in [-0.39, 0.29) is 12.1 Å². The first-order valence-electron chi connectivity index (χ1n) is 5.00. The van der Waals surface area contributed by atoms with Gasteiger partial charge in [-0.05, 0) is 46.5 Å². The predicted molar refractivity (Wildman–Crippen MR) is 65.1 cm³/mol. The lowest BCUT2D eigenvalue weighted by atomic mass is 9.97. The number of hydrogen-bond donors (Lipinski definition) is 1. The quantitative estimate of drug-likeness (QED) is 0.861. The summed E-state index contributed by atoms with van der Waals surface area (Å²) in [4.78, 5) is 0. The van der Waals surface area contributed by atoms with Gasteiger partial charge in [-0.15, -0.1) is 0 Å². The number of hydrogen-bond acceptors (Lipinski definition) is 2. The van der Waals surface area contributed by atoms with E-state index < -0.39 is 0 Å². The SMILES string of the molecule is NC1CCCOC1c1ccc(Cl)c(Br)c1. The van der Waals surface area contributed by atoms with Gasteiger partial charge in [0.25, 0.3) is 0 Å². The minimum absolute atomic E-state index is 0.00677. The van der Waals surface area contributed by atoms with Crippen LogP contribution >= 0.6 is 27.5 Å². The van der Waals surface area contributed by atoms with Crippen LogP contribution in [0, 0.1) is 0 Å². The van der Waals surface area contributed by atoms with E-state index in [1.54, 1.807) is 0 Å². The molecule has 1 saturated heterocycles. The zero-order valence-corrected chi connectivity index (χ0v) is 10.6. The molecule has 1 aliphatic rings. The molecule has 2 rings (SSSR count). The molecule has 0 amide bonds. The van der Waals surface area contributed by atoms with Crippen molar-refractivity contribution in [1.82, 2.24) is 0 Å². The van der Waals surface area contributed by atoms with Gasteiger partial charge >= 0.3 is 0 Å². The third-order valence-corrected chi connectivity index (χ3v) is 3.85. The van der Waals surface area contributed by atoms with Crippen LogP contribution in [-0.2, 0) is 4.74 Å². The number of rotatable bonds is 1. The van der Waals surface area contributed by atoms with Crippen molar-refractivity contribution in [2.24, 2.45) is 5.73 Å². The van der Waals surface area contributed by atoms with Gasteiger partial charge in [0.1, 0.15) is 0 Å². The molecule has 1 aliphatic heterocycles. The lowest BCUT2D eigenvalue weighted by Crippen LogP contribution is -2.34. The Bertz CT molecular complexity index is 358. The molecule has 1 aromatic rings. The molecule has 2 nitrogen and oxygen atoms in total. The molecule has 15 heavy (non-hydrogen) atoms. The van der Waals surface area contributed by atoms with E-state index in [0.29, 0.717) is 5.02 Å². The number of halogens is 2. The van der Waals surface area contributed by atoms with Gasteiger partial charge in [0, 0.05) is 17.1 Å². The highest BCUT2D eigenvalue weighted by Crippen LogP contribution is 2.31. The van der Waals surface area contributed by atoms with E-state index in [0.717, 1.165) is 29.5 Å². The number of ether oxygens (including phenoxy) is 1. The summed E-state index contributed by atoms with van der Waals surface area (Å²) in [5, 5.41) is 0.711. The maximum absolute atomic E-state index is 6.03. The van der Waals surface area contributed by atoms with Crippen LogP contribution in [0.4, 0.5) is 0 Å². The fourth-order valence-corrected chi connectivity index (χ4v) is 2.35. The van der Waals surface area contributed by atoms with Crippen molar-refractivity contribution in [2.75, 3.05) is 6.61 Å². The topological polar surface area (TPSA) is 35.2 Å². The normalized spacial score (nSPS) is 26.6. The second-order valence-corrected chi connectivity index (χ2v) is 5.03. The van der Waals surface area contributed by atoms with E-state index in [4.69, 9.17) is 22.1 Å². The summed E-state index contributed by atoms with van der Waals surface area (Å²) in [7, 11) is 0. The molecule has 0 spiro atoms. The first kappa shape index (κ1) is 11.4. The maximum Gasteiger partial charge on any atom is 0.0976 e. The van der Waals surface area contributed by atoms with Crippen molar-refractivity contribution in [2.45, 2.75) is 25.0 Å². The van der Waals surface area contributed by atoms with Gasteiger partial charge in [-0.25, -0.2) is 0 Å². The van der Waals surface area contributed by atoms with Crippen molar-refractivity contribution in [3.05, 3.63) is 33.3 Å². The van der Waals surface area contributed by atoms with Gasteiger partial charge in [-0.2, -0.15) is 0 Å². The smallest absolute Gasteiger partial charge is 0.0976 e. The fourth-order valence-electron chi connectivity index (χ4n) is 1.84. The van der Waals surface area contributed by atoms with Crippen molar-refractivity contribution in [1.29, 1.82) is 0 Å². The molecule has 1 heterocycles. The molecule has 2 N–H and O–H groups in total. The van der Waals surface area contributed by atoms with E-state index in [1.165, 1.54) is 0 Å². The molecule has 2 unspecified atom stereocenters. The van der Waals surface area contributed by atoms with Gasteiger partial charge in [-0.1, -0.05) is 17.7 Å². The van der Waals surface area contributed by atoms with Crippen LogP contribution in [0.15, 0.2) is 22.7 Å². The van der Waals surface area contributed by atoms with Crippen LogP contribution in [0.1, 0.15) is 24.5 Å². The number of nitrogens with two attached hydrogens (primary N) is 1. The summed E-state index contributed by atoms with van der Waals surface area (Å²) in [6.45, 7) is 0.790. The van der Waals surface area contributed by atoms with Gasteiger partial charge in [-0.3, -0.25) is 0 Å². The van der Waals surface area contributed by atoms with Crippen LogP contribution in [0.5, 0.6) is 0 Å². The molecule has 0 aromatic heterocycles. The summed E-state index contributed by atoms with van der Waals surface area (Å²) >= 11 is 9.34. The molecule has 0 saturated carbocycles. The molecule has 1 fully saturated rings. The molecule has 2 atom stereocenters. The first-order valence-corrected chi connectivity index (χ1v) is 6.17. The van der Waals surface area contributed by atoms with Gasteiger partial charge in [0.15, 0.2) is 0 Å². The summed E-state index contributed by atoms with van der Waals surface area (Å²) in [6.07, 6.45) is 2.07. The Balaban J connectivity index is 2.24. The Hall–Kier alpha value is -0.0900. The van der Waals surface area contributed by atoms with Crippen molar-refractivity contribution >= 4 is 27.5 Å². The van der Waals surface area contributed by atoms with Crippen LogP contribution < -0.4 is 5.73 Å². The largest absolute Gasteiger partial charge is 0.372 e. The van der Waals surface area contributed by atoms with E-state index in [9.17, 15) is 0 Å². The number of benzene rings is 1. The predicted octanol–water partition coefficient (Wildman–Crippen LogP) is 3.28. The Morgan fingerprint density at radius 1 is 1.47 bits per heavy atom. The monoisotopic (exact) mass is 289 g/mol. The zero-order chi connectivity index (χ0) is 10.8. The summed E-state index contributed by atoms with van der Waals surface area (Å²) in [6, 6.07) is 5.92. The molecular weight excluding hydrogens is 277 g/mol. The Morgan fingerprint density at radius 3 is 2.93 bits per heavy atom. The standard InChI is InChI=1S/C11H13BrClNO/c12-8-6-7(3-4-9(8)13)11-10(14)2-1-5-15-11/h3-4,6,10-11H,1-2,5,14H2. The van der Waals surface area contributed by atoms with E-state index in [2.05, 4.69) is 15.9 Å². The fraction of sp³-hybridized carbons (Fsp3) is 0.455. The van der Waals surface area contributed by atoms with Crippen molar-refractivity contribution < 1.29 is 4.74 Å². The Kier molecular flexibility index (Phi) is 3.67. The van der Waals surface area contributed by atoms with Crippen LogP contribution in [-0.4, -0.2) is 12.6 Å². The second-order valence-electron chi connectivity index (χ2n) is 3.77. The maximum atomic E-state index is 6.03. The van der Waals surface area contributed by atoms with Crippen molar-refractivity contribution in [3.63, 3.8) is 0 Å². The Morgan fingerprint density at radius 2 is 2.27 bits per heavy atom. The molecular formula is C11H13BrClNO.